The molecule has 28 heavy (non-hydrogen) atoms. The molecule has 4 heteroatoms. The lowest BCUT2D eigenvalue weighted by Gasteiger charge is -2.56. The van der Waals surface area contributed by atoms with Crippen LogP contribution in [-0.2, 0) is 11.2 Å². The number of carbonyl (C=O) groups is 2. The Morgan fingerprint density at radius 1 is 1.07 bits per heavy atom. The van der Waals surface area contributed by atoms with Crippen molar-refractivity contribution < 1.29 is 9.59 Å². The molecule has 4 bridgehead atoms. The zero-order chi connectivity index (χ0) is 19.7. The lowest BCUT2D eigenvalue weighted by atomic mass is 9.48. The topological polar surface area (TPSA) is 72.5 Å². The van der Waals surface area contributed by atoms with E-state index >= 15 is 0 Å². The van der Waals surface area contributed by atoms with E-state index < -0.39 is 5.91 Å². The third-order valence-corrected chi connectivity index (χ3v) is 7.72. The smallest absolute Gasteiger partial charge is 0.248 e. The van der Waals surface area contributed by atoms with Gasteiger partial charge >= 0.3 is 0 Å². The predicted octanol–water partition coefficient (Wildman–Crippen LogP) is 4.08. The van der Waals surface area contributed by atoms with Crippen LogP contribution in [0.4, 0.5) is 0 Å². The first-order valence-electron chi connectivity index (χ1n) is 10.8. The van der Waals surface area contributed by atoms with Gasteiger partial charge in [0.1, 0.15) is 5.78 Å². The van der Waals surface area contributed by atoms with Gasteiger partial charge in [0.05, 0.1) is 11.3 Å². The van der Waals surface area contributed by atoms with Crippen LogP contribution in [0.1, 0.15) is 80.3 Å². The lowest BCUT2D eigenvalue weighted by molar-refractivity contribution is -0.142. The normalized spacial score (nSPS) is 34.6. The minimum atomic E-state index is -0.431. The Morgan fingerprint density at radius 3 is 2.25 bits per heavy atom. The summed E-state index contributed by atoms with van der Waals surface area (Å²) in [6, 6.07) is 5.63. The molecule has 6 rings (SSSR count). The molecule has 4 nitrogen and oxygen atoms in total. The molecule has 4 aliphatic carbocycles. The van der Waals surface area contributed by atoms with Gasteiger partial charge in [0.2, 0.25) is 5.91 Å². The molecule has 0 aromatic heterocycles. The summed E-state index contributed by atoms with van der Waals surface area (Å²) in [5, 5.41) is 0. The van der Waals surface area contributed by atoms with Crippen molar-refractivity contribution in [2.45, 2.75) is 70.8 Å². The molecule has 148 valence electrons. The highest BCUT2D eigenvalue weighted by Gasteiger charge is 2.54. The molecular weight excluding hydrogens is 348 g/mol. The zero-order valence-corrected chi connectivity index (χ0v) is 17.0. The third-order valence-electron chi connectivity index (χ3n) is 7.72. The average Bonchev–Trinajstić information content (AvgIpc) is 2.59. The molecule has 0 spiro atoms. The Hall–Kier alpha value is -1.97. The molecular formula is C24H30N2O2. The van der Waals surface area contributed by atoms with E-state index in [0.717, 1.165) is 54.7 Å². The van der Waals surface area contributed by atoms with E-state index in [2.05, 4.69) is 13.8 Å². The fourth-order valence-corrected chi connectivity index (χ4v) is 7.01. The summed E-state index contributed by atoms with van der Waals surface area (Å²) in [6.45, 7) is 4.24. The predicted molar refractivity (Wildman–Crippen MR) is 110 cm³/mol. The van der Waals surface area contributed by atoms with E-state index in [9.17, 15) is 9.59 Å². The van der Waals surface area contributed by atoms with Crippen molar-refractivity contribution in [1.82, 2.24) is 0 Å². The Balaban J connectivity index is 1.47. The largest absolute Gasteiger partial charge is 0.366 e. The second kappa shape index (κ2) is 6.01. The summed E-state index contributed by atoms with van der Waals surface area (Å²) in [7, 11) is 0. The van der Waals surface area contributed by atoms with Crippen LogP contribution in [0.2, 0.25) is 0 Å². The van der Waals surface area contributed by atoms with Gasteiger partial charge in [0.25, 0.3) is 0 Å². The van der Waals surface area contributed by atoms with Crippen molar-refractivity contribution in [1.29, 1.82) is 0 Å². The van der Waals surface area contributed by atoms with E-state index in [1.165, 1.54) is 24.8 Å². The molecule has 0 saturated heterocycles. The van der Waals surface area contributed by atoms with Gasteiger partial charge in [-0.2, -0.15) is 0 Å². The average molecular weight is 379 g/mol. The van der Waals surface area contributed by atoms with Crippen molar-refractivity contribution in [3.8, 4) is 0 Å². The number of Topliss-reactive ketones (excluding diaryl/α,β-unsaturated/α-hetero) is 1. The van der Waals surface area contributed by atoms with Crippen LogP contribution in [0.15, 0.2) is 23.2 Å². The Morgan fingerprint density at radius 2 is 1.68 bits per heavy atom. The van der Waals surface area contributed by atoms with Crippen LogP contribution in [-0.4, -0.2) is 22.9 Å². The van der Waals surface area contributed by atoms with Gasteiger partial charge in [-0.25, -0.2) is 0 Å². The monoisotopic (exact) mass is 378 g/mol. The summed E-state index contributed by atoms with van der Waals surface area (Å²) in [5.74, 6) is 2.23. The van der Waals surface area contributed by atoms with E-state index in [-0.39, 0.29) is 11.0 Å². The third kappa shape index (κ3) is 2.92. The van der Waals surface area contributed by atoms with Gasteiger partial charge in [-0.3, -0.25) is 14.6 Å². The van der Waals surface area contributed by atoms with Crippen LogP contribution in [0.5, 0.6) is 0 Å². The number of nitrogens with two attached hydrogens (primary N) is 1. The summed E-state index contributed by atoms with van der Waals surface area (Å²) in [5.41, 5.74) is 8.64. The second-order valence-electron chi connectivity index (χ2n) is 10.6. The number of fused-ring (bicyclic) bond motifs is 1. The quantitative estimate of drug-likeness (QED) is 0.857. The van der Waals surface area contributed by atoms with Crippen molar-refractivity contribution in [3.63, 3.8) is 0 Å². The number of hydrogen-bond acceptors (Lipinski definition) is 3. The Labute approximate surface area is 167 Å². The van der Waals surface area contributed by atoms with Crippen LogP contribution in [0.3, 0.4) is 0 Å². The van der Waals surface area contributed by atoms with Gasteiger partial charge in [-0.05, 0) is 94.2 Å². The van der Waals surface area contributed by atoms with Crippen molar-refractivity contribution in [3.05, 3.63) is 34.9 Å². The summed E-state index contributed by atoms with van der Waals surface area (Å²) < 4.78 is 0. The first-order valence-corrected chi connectivity index (χ1v) is 10.8. The lowest BCUT2D eigenvalue weighted by Crippen LogP contribution is -2.50. The van der Waals surface area contributed by atoms with E-state index in [1.54, 1.807) is 6.07 Å². The molecule has 1 amide bonds. The fourth-order valence-electron chi connectivity index (χ4n) is 7.01. The second-order valence-corrected chi connectivity index (χ2v) is 10.6. The SMILES string of the molecule is CC1(C)Cc2ccc(C(N)=O)cc2C(CC(=O)C23CC4CC(CC(C4)C2)C3)=N1. The molecule has 2 N–H and O–H groups in total. The molecule has 1 aromatic rings. The van der Waals surface area contributed by atoms with Crippen LogP contribution >= 0.6 is 0 Å². The summed E-state index contributed by atoms with van der Waals surface area (Å²) in [6.07, 6.45) is 8.48. The zero-order valence-electron chi connectivity index (χ0n) is 17.0. The number of amides is 1. The van der Waals surface area contributed by atoms with E-state index in [1.807, 2.05) is 12.1 Å². The maximum atomic E-state index is 13.6. The van der Waals surface area contributed by atoms with E-state index in [0.29, 0.717) is 17.8 Å². The summed E-state index contributed by atoms with van der Waals surface area (Å²) >= 11 is 0. The summed E-state index contributed by atoms with van der Waals surface area (Å²) in [4.78, 5) is 30.3. The van der Waals surface area contributed by atoms with Crippen LogP contribution < -0.4 is 5.73 Å². The number of nitrogens with zero attached hydrogens (tertiary/aromatic N) is 1. The number of aliphatic imine (C=N–C) groups is 1. The number of hydrogen-bond donors (Lipinski definition) is 1. The molecule has 1 heterocycles. The number of rotatable bonds is 4. The molecule has 0 radical (unpaired) electrons. The highest BCUT2D eigenvalue weighted by Crippen LogP contribution is 2.60. The first-order chi connectivity index (χ1) is 13.2. The van der Waals surface area contributed by atoms with Crippen molar-refractivity contribution in [2.24, 2.45) is 33.9 Å². The highest BCUT2D eigenvalue weighted by molar-refractivity contribution is 6.14. The number of ketones is 1. The maximum absolute atomic E-state index is 13.6. The van der Waals surface area contributed by atoms with Crippen LogP contribution in [0, 0.1) is 23.2 Å². The molecule has 1 aromatic carbocycles. The highest BCUT2D eigenvalue weighted by atomic mass is 16.1. The van der Waals surface area contributed by atoms with E-state index in [4.69, 9.17) is 10.7 Å². The first kappa shape index (κ1) is 18.1. The number of carbonyl (C=O) groups excluding carboxylic acids is 2. The van der Waals surface area contributed by atoms with Gasteiger partial charge in [0, 0.05) is 23.0 Å². The minimum Gasteiger partial charge on any atom is -0.366 e. The van der Waals surface area contributed by atoms with Gasteiger partial charge in [0.15, 0.2) is 0 Å². The maximum Gasteiger partial charge on any atom is 0.248 e. The Kier molecular flexibility index (Phi) is 3.88. The standard InChI is InChI=1S/C24H30N2O2/c1-23(2)13-18-4-3-17(22(25)28)8-19(18)20(26-23)9-21(27)24-10-14-5-15(11-24)7-16(6-14)12-24/h3-4,8,14-16H,5-7,9-13H2,1-2H3,(H2,25,28). The molecule has 0 atom stereocenters. The van der Waals surface area contributed by atoms with Crippen molar-refractivity contribution >= 4 is 17.4 Å². The molecule has 1 aliphatic heterocycles. The van der Waals surface area contributed by atoms with Crippen LogP contribution in [0.25, 0.3) is 0 Å². The van der Waals surface area contributed by atoms with Gasteiger partial charge in [-0.15, -0.1) is 0 Å². The minimum absolute atomic E-state index is 0.111. The molecule has 4 fully saturated rings. The fraction of sp³-hybridized carbons (Fsp3) is 0.625. The Bertz CT molecular complexity index is 861. The molecule has 4 saturated carbocycles. The number of primary amides is 1. The molecule has 0 unspecified atom stereocenters. The van der Waals surface area contributed by atoms with Gasteiger partial charge < -0.3 is 5.73 Å². The molecule has 5 aliphatic rings. The van der Waals surface area contributed by atoms with Crippen molar-refractivity contribution in [2.75, 3.05) is 0 Å². The number of benzene rings is 1. The van der Waals surface area contributed by atoms with Gasteiger partial charge in [-0.1, -0.05) is 6.07 Å².